The summed E-state index contributed by atoms with van der Waals surface area (Å²) in [5.41, 5.74) is 3.17. The number of carbonyl (C=O) groups excluding carboxylic acids is 2. The molecule has 1 aromatic heterocycles. The number of amides is 2. The molecule has 1 aromatic carbocycles. The maximum atomic E-state index is 13.0. The lowest BCUT2D eigenvalue weighted by Gasteiger charge is -2.38. The number of hydrogen-bond donors (Lipinski definition) is 0. The first-order valence-corrected chi connectivity index (χ1v) is 8.92. The van der Waals surface area contributed by atoms with Crippen LogP contribution >= 0.6 is 0 Å². The minimum Gasteiger partial charge on any atom is -0.361 e. The van der Waals surface area contributed by atoms with E-state index in [1.807, 2.05) is 36.1 Å². The molecule has 2 aliphatic heterocycles. The van der Waals surface area contributed by atoms with Gasteiger partial charge >= 0.3 is 0 Å². The Labute approximate surface area is 152 Å². The van der Waals surface area contributed by atoms with Gasteiger partial charge in [-0.25, -0.2) is 0 Å². The number of fused-ring (bicyclic) bond motifs is 1. The molecule has 2 aliphatic rings. The highest BCUT2D eigenvalue weighted by atomic mass is 16.5. The molecule has 6 nitrogen and oxygen atoms in total. The first kappa shape index (κ1) is 17.0. The zero-order valence-corrected chi connectivity index (χ0v) is 15.4. The molecule has 2 fully saturated rings. The van der Waals surface area contributed by atoms with Crippen molar-refractivity contribution in [2.75, 3.05) is 33.3 Å². The van der Waals surface area contributed by atoms with Crippen LogP contribution in [0.25, 0.3) is 10.9 Å². The maximum Gasteiger partial charge on any atom is 0.254 e. The van der Waals surface area contributed by atoms with E-state index in [0.29, 0.717) is 25.2 Å². The zero-order valence-electron chi connectivity index (χ0n) is 15.4. The summed E-state index contributed by atoms with van der Waals surface area (Å²) < 4.78 is 5.83. The average molecular weight is 353 g/mol. The molecular formula is C20H23N3O3. The van der Waals surface area contributed by atoms with Gasteiger partial charge in [-0.1, -0.05) is 6.07 Å². The lowest BCUT2D eigenvalue weighted by molar-refractivity contribution is -0.158. The Morgan fingerprint density at radius 1 is 1.23 bits per heavy atom. The fourth-order valence-corrected chi connectivity index (χ4v) is 4.04. The SMILES string of the molecule is Cc1cc(C)c2ccc(C(=O)N3CC[C@@]4(CN(C)C(=O)CO4)C3)cc2n1. The Hall–Kier alpha value is -2.47. The van der Waals surface area contributed by atoms with Crippen LogP contribution in [0.3, 0.4) is 0 Å². The monoisotopic (exact) mass is 353 g/mol. The Balaban J connectivity index is 1.57. The molecule has 0 aliphatic carbocycles. The highest BCUT2D eigenvalue weighted by molar-refractivity contribution is 5.98. The third-order valence-electron chi connectivity index (χ3n) is 5.45. The first-order chi connectivity index (χ1) is 12.4. The van der Waals surface area contributed by atoms with E-state index in [1.54, 1.807) is 11.9 Å². The molecule has 0 N–H and O–H groups in total. The second-order valence-electron chi connectivity index (χ2n) is 7.51. The van der Waals surface area contributed by atoms with Crippen molar-refractivity contribution in [1.82, 2.24) is 14.8 Å². The third-order valence-corrected chi connectivity index (χ3v) is 5.45. The van der Waals surface area contributed by atoms with Gasteiger partial charge in [0.25, 0.3) is 5.91 Å². The molecule has 1 spiro atoms. The van der Waals surface area contributed by atoms with Crippen LogP contribution in [0.1, 0.15) is 28.0 Å². The fourth-order valence-electron chi connectivity index (χ4n) is 4.04. The Morgan fingerprint density at radius 3 is 2.81 bits per heavy atom. The van der Waals surface area contributed by atoms with E-state index in [4.69, 9.17) is 4.74 Å². The van der Waals surface area contributed by atoms with Crippen molar-refractivity contribution in [3.63, 3.8) is 0 Å². The fraction of sp³-hybridized carbons (Fsp3) is 0.450. The van der Waals surface area contributed by atoms with Crippen molar-refractivity contribution in [2.24, 2.45) is 0 Å². The van der Waals surface area contributed by atoms with Crippen molar-refractivity contribution in [3.8, 4) is 0 Å². The number of morpholine rings is 1. The lowest BCUT2D eigenvalue weighted by atomic mass is 10.0. The van der Waals surface area contributed by atoms with Gasteiger partial charge in [0.1, 0.15) is 12.2 Å². The molecule has 2 amide bonds. The molecule has 0 radical (unpaired) electrons. The topological polar surface area (TPSA) is 62.7 Å². The molecule has 0 saturated carbocycles. The number of aryl methyl sites for hydroxylation is 2. The predicted octanol–water partition coefficient (Wildman–Crippen LogP) is 1.92. The van der Waals surface area contributed by atoms with Crippen LogP contribution in [0, 0.1) is 13.8 Å². The molecule has 1 atom stereocenters. The quantitative estimate of drug-likeness (QED) is 0.786. The van der Waals surface area contributed by atoms with Crippen LogP contribution in [0.2, 0.25) is 0 Å². The summed E-state index contributed by atoms with van der Waals surface area (Å²) in [5, 5.41) is 1.07. The number of ether oxygens (including phenoxy) is 1. The summed E-state index contributed by atoms with van der Waals surface area (Å²) in [5.74, 6) is -0.0142. The van der Waals surface area contributed by atoms with Crippen LogP contribution < -0.4 is 0 Å². The van der Waals surface area contributed by atoms with Gasteiger partial charge in [0.05, 0.1) is 18.6 Å². The molecule has 26 heavy (non-hydrogen) atoms. The predicted molar refractivity (Wildman–Crippen MR) is 98.1 cm³/mol. The van der Waals surface area contributed by atoms with E-state index in [2.05, 4.69) is 11.9 Å². The highest BCUT2D eigenvalue weighted by Gasteiger charge is 2.45. The Kier molecular flexibility index (Phi) is 3.95. The van der Waals surface area contributed by atoms with Crippen LogP contribution in [-0.4, -0.2) is 65.5 Å². The minimum absolute atomic E-state index is 0.00659. The number of likely N-dealkylation sites (tertiary alicyclic amines) is 1. The molecule has 0 unspecified atom stereocenters. The van der Waals surface area contributed by atoms with Crippen molar-refractivity contribution in [3.05, 3.63) is 41.1 Å². The average Bonchev–Trinajstić information content (AvgIpc) is 3.01. The number of rotatable bonds is 1. The van der Waals surface area contributed by atoms with Gasteiger partial charge in [-0.05, 0) is 44.0 Å². The van der Waals surface area contributed by atoms with E-state index < -0.39 is 5.60 Å². The summed E-state index contributed by atoms with van der Waals surface area (Å²) >= 11 is 0. The van der Waals surface area contributed by atoms with Crippen molar-refractivity contribution < 1.29 is 14.3 Å². The minimum atomic E-state index is -0.430. The van der Waals surface area contributed by atoms with Crippen LogP contribution in [-0.2, 0) is 9.53 Å². The van der Waals surface area contributed by atoms with Gasteiger partial charge in [0, 0.05) is 30.2 Å². The highest BCUT2D eigenvalue weighted by Crippen LogP contribution is 2.30. The van der Waals surface area contributed by atoms with Crippen LogP contribution in [0.15, 0.2) is 24.3 Å². The number of nitrogens with zero attached hydrogens (tertiary/aromatic N) is 3. The molecule has 136 valence electrons. The number of hydrogen-bond acceptors (Lipinski definition) is 4. The molecule has 2 saturated heterocycles. The molecule has 6 heteroatoms. The Morgan fingerprint density at radius 2 is 2.04 bits per heavy atom. The summed E-state index contributed by atoms with van der Waals surface area (Å²) in [4.78, 5) is 32.8. The summed E-state index contributed by atoms with van der Waals surface area (Å²) in [7, 11) is 1.79. The number of likely N-dealkylation sites (N-methyl/N-ethyl adjacent to an activating group) is 1. The summed E-state index contributed by atoms with van der Waals surface area (Å²) in [6, 6.07) is 7.77. The number of aromatic nitrogens is 1. The summed E-state index contributed by atoms with van der Waals surface area (Å²) in [6.07, 6.45) is 0.750. The molecule has 2 aromatic rings. The number of benzene rings is 1. The van der Waals surface area contributed by atoms with Gasteiger partial charge in [-0.2, -0.15) is 0 Å². The number of carbonyl (C=O) groups is 2. The maximum absolute atomic E-state index is 13.0. The zero-order chi connectivity index (χ0) is 18.5. The van der Waals surface area contributed by atoms with Gasteiger partial charge < -0.3 is 14.5 Å². The van der Waals surface area contributed by atoms with Crippen molar-refractivity contribution in [2.45, 2.75) is 25.9 Å². The van der Waals surface area contributed by atoms with Gasteiger partial charge in [0.15, 0.2) is 0 Å². The third kappa shape index (κ3) is 2.84. The largest absolute Gasteiger partial charge is 0.361 e. The second-order valence-corrected chi connectivity index (χ2v) is 7.51. The normalized spacial score (nSPS) is 23.3. The van der Waals surface area contributed by atoms with Gasteiger partial charge in [-0.15, -0.1) is 0 Å². The second kappa shape index (κ2) is 6.06. The van der Waals surface area contributed by atoms with E-state index in [0.717, 1.165) is 28.6 Å². The molecule has 0 bridgehead atoms. The standard InChI is InChI=1S/C20H23N3O3/c1-13-8-14(2)21-17-9-15(4-5-16(13)17)19(25)23-7-6-20(12-23)11-22(3)18(24)10-26-20/h4-5,8-9H,6-7,10-12H2,1-3H3/t20-/m1/s1. The smallest absolute Gasteiger partial charge is 0.254 e. The van der Waals surface area contributed by atoms with Gasteiger partial charge in [-0.3, -0.25) is 14.6 Å². The molecular weight excluding hydrogens is 330 g/mol. The van der Waals surface area contributed by atoms with Crippen molar-refractivity contribution in [1.29, 1.82) is 0 Å². The van der Waals surface area contributed by atoms with E-state index in [9.17, 15) is 9.59 Å². The van der Waals surface area contributed by atoms with Crippen molar-refractivity contribution >= 4 is 22.7 Å². The Bertz CT molecular complexity index is 911. The lowest BCUT2D eigenvalue weighted by Crippen LogP contribution is -2.54. The van der Waals surface area contributed by atoms with Crippen LogP contribution in [0.4, 0.5) is 0 Å². The van der Waals surface area contributed by atoms with E-state index in [1.165, 1.54) is 0 Å². The number of pyridine rings is 1. The summed E-state index contributed by atoms with van der Waals surface area (Å²) in [6.45, 7) is 5.80. The van der Waals surface area contributed by atoms with Crippen LogP contribution in [0.5, 0.6) is 0 Å². The molecule has 3 heterocycles. The molecule has 4 rings (SSSR count). The first-order valence-electron chi connectivity index (χ1n) is 8.92. The van der Waals surface area contributed by atoms with Gasteiger partial charge in [0.2, 0.25) is 5.91 Å². The van der Waals surface area contributed by atoms with E-state index >= 15 is 0 Å². The van der Waals surface area contributed by atoms with E-state index in [-0.39, 0.29) is 18.4 Å².